The summed E-state index contributed by atoms with van der Waals surface area (Å²) in [5.74, 6) is 2.10. The van der Waals surface area contributed by atoms with Gasteiger partial charge in [0.05, 0.1) is 11.6 Å². The Hall–Kier alpha value is -2.50. The van der Waals surface area contributed by atoms with Gasteiger partial charge in [-0.2, -0.15) is 5.10 Å². The lowest BCUT2D eigenvalue weighted by atomic mass is 9.95. The highest BCUT2D eigenvalue weighted by Gasteiger charge is 2.33. The van der Waals surface area contributed by atoms with Crippen LogP contribution in [0.4, 0.5) is 0 Å². The molecule has 6 nitrogen and oxygen atoms in total. The van der Waals surface area contributed by atoms with E-state index >= 15 is 0 Å². The summed E-state index contributed by atoms with van der Waals surface area (Å²) in [4.78, 5) is 13.1. The maximum Gasteiger partial charge on any atom is 0.272 e. The average molecular weight is 398 g/mol. The van der Waals surface area contributed by atoms with E-state index in [0.717, 1.165) is 17.1 Å². The average Bonchev–Trinajstić information content (AvgIpc) is 3.42. The van der Waals surface area contributed by atoms with Crippen LogP contribution in [0.5, 0.6) is 11.5 Å². The molecule has 1 unspecified atom stereocenters. The Balaban J connectivity index is 1.59. The number of nitrogens with zero attached hydrogens (tertiary/aromatic N) is 2. The zero-order chi connectivity index (χ0) is 20.8. The number of carbonyl (C=O) groups is 1. The smallest absolute Gasteiger partial charge is 0.272 e. The van der Waals surface area contributed by atoms with Gasteiger partial charge in [-0.15, -0.1) is 0 Å². The van der Waals surface area contributed by atoms with Crippen molar-refractivity contribution in [2.24, 2.45) is 5.92 Å². The van der Waals surface area contributed by atoms with Crippen molar-refractivity contribution in [3.8, 4) is 11.5 Å². The Morgan fingerprint density at radius 3 is 2.45 bits per heavy atom. The Kier molecular flexibility index (Phi) is 5.05. The lowest BCUT2D eigenvalue weighted by molar-refractivity contribution is 0.0918. The third kappa shape index (κ3) is 4.11. The second kappa shape index (κ2) is 7.39. The molecule has 0 bridgehead atoms. The molecule has 1 aromatic carbocycles. The fraction of sp³-hybridized carbons (Fsp3) is 0.565. The monoisotopic (exact) mass is 397 g/mol. The van der Waals surface area contributed by atoms with Crippen LogP contribution in [-0.4, -0.2) is 28.9 Å². The van der Waals surface area contributed by atoms with Crippen molar-refractivity contribution in [3.63, 3.8) is 0 Å². The van der Waals surface area contributed by atoms with E-state index in [-0.39, 0.29) is 23.4 Å². The summed E-state index contributed by atoms with van der Waals surface area (Å²) in [5, 5.41) is 7.87. The van der Waals surface area contributed by atoms with Crippen molar-refractivity contribution in [2.75, 3.05) is 13.2 Å². The van der Waals surface area contributed by atoms with Crippen molar-refractivity contribution in [1.29, 1.82) is 0 Å². The number of hydrogen-bond acceptors (Lipinski definition) is 4. The number of ether oxygens (including phenoxy) is 2. The molecule has 156 valence electrons. The summed E-state index contributed by atoms with van der Waals surface area (Å²) in [7, 11) is 0. The second-order valence-corrected chi connectivity index (χ2v) is 9.41. The summed E-state index contributed by atoms with van der Waals surface area (Å²) < 4.78 is 13.4. The molecule has 1 N–H and O–H groups in total. The molecule has 2 heterocycles. The molecule has 6 heteroatoms. The molecule has 1 atom stereocenters. The number of hydrogen-bond donors (Lipinski definition) is 1. The molecule has 4 rings (SSSR count). The lowest BCUT2D eigenvalue weighted by Gasteiger charge is -2.25. The fourth-order valence-electron chi connectivity index (χ4n) is 3.82. The third-order valence-electron chi connectivity index (χ3n) is 5.48. The zero-order valence-corrected chi connectivity index (χ0v) is 18.0. The van der Waals surface area contributed by atoms with Gasteiger partial charge in [-0.1, -0.05) is 19.9 Å². The van der Waals surface area contributed by atoms with Gasteiger partial charge in [-0.3, -0.25) is 9.48 Å². The first-order valence-electron chi connectivity index (χ1n) is 10.5. The number of fused-ring (bicyclic) bond motifs is 1. The molecule has 1 aliphatic heterocycles. The zero-order valence-electron chi connectivity index (χ0n) is 18.0. The van der Waals surface area contributed by atoms with Gasteiger partial charge >= 0.3 is 0 Å². The van der Waals surface area contributed by atoms with Gasteiger partial charge in [0.25, 0.3) is 5.91 Å². The van der Waals surface area contributed by atoms with Crippen LogP contribution < -0.4 is 14.8 Å². The number of rotatable bonds is 5. The molecule has 1 aliphatic carbocycles. The SMILES string of the molecule is CC(C)C(NC(=O)c1cc(C2CC2)n(C(C)(C)C)n1)c1ccc2c(c1)OCCO2. The Labute approximate surface area is 172 Å². The second-order valence-electron chi connectivity index (χ2n) is 9.41. The molecular weight excluding hydrogens is 366 g/mol. The highest BCUT2D eigenvalue weighted by molar-refractivity contribution is 5.92. The summed E-state index contributed by atoms with van der Waals surface area (Å²) in [6.45, 7) is 11.7. The maximum atomic E-state index is 13.1. The van der Waals surface area contributed by atoms with Gasteiger partial charge in [0.1, 0.15) is 18.9 Å². The topological polar surface area (TPSA) is 65.4 Å². The Morgan fingerprint density at radius 1 is 1.14 bits per heavy atom. The number of carbonyl (C=O) groups excluding carboxylic acids is 1. The van der Waals surface area contributed by atoms with E-state index in [1.54, 1.807) is 0 Å². The number of nitrogens with one attached hydrogen (secondary N) is 1. The molecule has 1 fully saturated rings. The third-order valence-corrected chi connectivity index (χ3v) is 5.48. The van der Waals surface area contributed by atoms with Crippen molar-refractivity contribution >= 4 is 5.91 Å². The van der Waals surface area contributed by atoms with E-state index in [9.17, 15) is 4.79 Å². The fourth-order valence-corrected chi connectivity index (χ4v) is 3.82. The van der Waals surface area contributed by atoms with Crippen LogP contribution in [0.15, 0.2) is 24.3 Å². The molecule has 0 saturated heterocycles. The van der Waals surface area contributed by atoms with Gasteiger partial charge in [0, 0.05) is 11.6 Å². The van der Waals surface area contributed by atoms with E-state index < -0.39 is 0 Å². The van der Waals surface area contributed by atoms with Crippen molar-refractivity contribution < 1.29 is 14.3 Å². The van der Waals surface area contributed by atoms with E-state index in [1.807, 2.05) is 28.9 Å². The number of amides is 1. The van der Waals surface area contributed by atoms with Crippen LogP contribution in [-0.2, 0) is 5.54 Å². The quantitative estimate of drug-likeness (QED) is 0.811. The molecule has 1 saturated carbocycles. The van der Waals surface area contributed by atoms with Gasteiger partial charge in [0.2, 0.25) is 0 Å². The molecule has 0 spiro atoms. The first-order chi connectivity index (χ1) is 13.7. The highest BCUT2D eigenvalue weighted by atomic mass is 16.6. The molecule has 2 aliphatic rings. The normalized spacial score (nSPS) is 17.3. The molecule has 1 aromatic heterocycles. The number of aromatic nitrogens is 2. The van der Waals surface area contributed by atoms with E-state index in [0.29, 0.717) is 24.8 Å². The van der Waals surface area contributed by atoms with Crippen molar-refractivity contribution in [3.05, 3.63) is 41.2 Å². The number of benzene rings is 1. The minimum absolute atomic E-state index is 0.136. The van der Waals surface area contributed by atoms with Crippen LogP contribution in [0.3, 0.4) is 0 Å². The van der Waals surface area contributed by atoms with E-state index in [4.69, 9.17) is 9.47 Å². The van der Waals surface area contributed by atoms with Gasteiger partial charge in [-0.05, 0) is 63.3 Å². The van der Waals surface area contributed by atoms with Crippen LogP contribution >= 0.6 is 0 Å². The van der Waals surface area contributed by atoms with Crippen LogP contribution in [0.2, 0.25) is 0 Å². The summed E-state index contributed by atoms with van der Waals surface area (Å²) in [6.07, 6.45) is 2.35. The first-order valence-corrected chi connectivity index (χ1v) is 10.5. The lowest BCUT2D eigenvalue weighted by Crippen LogP contribution is -2.32. The highest BCUT2D eigenvalue weighted by Crippen LogP contribution is 2.42. The largest absolute Gasteiger partial charge is 0.486 e. The van der Waals surface area contributed by atoms with Gasteiger partial charge < -0.3 is 14.8 Å². The molecular formula is C23H31N3O3. The Bertz CT molecular complexity index is 907. The standard InChI is InChI=1S/C23H31N3O3/c1-14(2)21(16-8-9-19-20(12-16)29-11-10-28-19)24-22(27)17-13-18(15-6-7-15)26(25-17)23(3,4)5/h8-9,12-15,21H,6-7,10-11H2,1-5H3,(H,24,27). The Morgan fingerprint density at radius 2 is 1.83 bits per heavy atom. The summed E-state index contributed by atoms with van der Waals surface area (Å²) in [6, 6.07) is 7.73. The minimum atomic E-state index is -0.149. The molecule has 1 amide bonds. The van der Waals surface area contributed by atoms with Crippen molar-refractivity contribution in [2.45, 2.75) is 65.0 Å². The van der Waals surface area contributed by atoms with Crippen LogP contribution in [0.1, 0.15) is 81.2 Å². The summed E-state index contributed by atoms with van der Waals surface area (Å²) >= 11 is 0. The molecule has 2 aromatic rings. The first kappa shape index (κ1) is 19.8. The predicted octanol–water partition coefficient (Wildman–Crippen LogP) is 4.41. The van der Waals surface area contributed by atoms with Crippen LogP contribution in [0, 0.1) is 5.92 Å². The molecule has 29 heavy (non-hydrogen) atoms. The van der Waals surface area contributed by atoms with Crippen LogP contribution in [0.25, 0.3) is 0 Å². The minimum Gasteiger partial charge on any atom is -0.486 e. The maximum absolute atomic E-state index is 13.1. The summed E-state index contributed by atoms with van der Waals surface area (Å²) in [5.41, 5.74) is 2.52. The van der Waals surface area contributed by atoms with Crippen molar-refractivity contribution in [1.82, 2.24) is 15.1 Å². The van der Waals surface area contributed by atoms with Gasteiger partial charge in [0.15, 0.2) is 11.5 Å². The predicted molar refractivity (Wildman–Crippen MR) is 112 cm³/mol. The van der Waals surface area contributed by atoms with Gasteiger partial charge in [-0.25, -0.2) is 0 Å². The van der Waals surface area contributed by atoms with E-state index in [2.05, 4.69) is 45.0 Å². The molecule has 0 radical (unpaired) electrons. The van der Waals surface area contributed by atoms with E-state index in [1.165, 1.54) is 18.5 Å².